The van der Waals surface area contributed by atoms with Crippen LogP contribution in [0.4, 0.5) is 23.9 Å². The van der Waals surface area contributed by atoms with Gasteiger partial charge in [0.1, 0.15) is 11.5 Å². The number of nitrogens with one attached hydrogen (secondary N) is 3. The minimum absolute atomic E-state index is 0.000911. The highest BCUT2D eigenvalue weighted by molar-refractivity contribution is 7.90. The van der Waals surface area contributed by atoms with Crippen molar-refractivity contribution in [3.8, 4) is 11.4 Å². The molecule has 6 rings (SSSR count). The normalized spacial score (nSPS) is 19.9. The third kappa shape index (κ3) is 6.15. The van der Waals surface area contributed by atoms with E-state index in [1.165, 1.54) is 30.3 Å². The highest BCUT2D eigenvalue weighted by atomic mass is 32.2. The van der Waals surface area contributed by atoms with E-state index in [0.717, 1.165) is 6.26 Å². The van der Waals surface area contributed by atoms with Gasteiger partial charge in [-0.1, -0.05) is 0 Å². The number of nitrogens with zero attached hydrogens (tertiary/aromatic N) is 6. The number of aryl methyl sites for hydroxylation is 1. The predicted molar refractivity (Wildman–Crippen MR) is 160 cm³/mol. The summed E-state index contributed by atoms with van der Waals surface area (Å²) in [6.07, 6.45) is 0.169. The van der Waals surface area contributed by atoms with Crippen molar-refractivity contribution >= 4 is 44.5 Å². The first-order chi connectivity index (χ1) is 22.1. The number of amides is 4. The van der Waals surface area contributed by atoms with Gasteiger partial charge < -0.3 is 15.5 Å². The van der Waals surface area contributed by atoms with Gasteiger partial charge in [0.2, 0.25) is 5.95 Å². The van der Waals surface area contributed by atoms with Crippen LogP contribution in [0, 0.1) is 12.8 Å². The lowest BCUT2D eigenvalue weighted by atomic mass is 9.77. The van der Waals surface area contributed by atoms with E-state index in [-0.39, 0.29) is 41.6 Å². The number of anilines is 1. The Morgan fingerprint density at radius 2 is 1.85 bits per heavy atom. The Bertz CT molecular complexity index is 2060. The monoisotopic (exact) mass is 669 g/mol. The van der Waals surface area contributed by atoms with E-state index in [9.17, 15) is 36.0 Å². The van der Waals surface area contributed by atoms with E-state index < -0.39 is 51.9 Å². The molecule has 4 aromatic rings. The number of sulfone groups is 1. The Morgan fingerprint density at radius 1 is 1.09 bits per heavy atom. The van der Waals surface area contributed by atoms with Gasteiger partial charge in [-0.15, -0.1) is 0 Å². The average Bonchev–Trinajstić information content (AvgIpc) is 3.30. The lowest BCUT2D eigenvalue weighted by Gasteiger charge is -2.44. The maximum absolute atomic E-state index is 14.1. The minimum atomic E-state index is -4.80. The van der Waals surface area contributed by atoms with Crippen molar-refractivity contribution in [1.29, 1.82) is 0 Å². The Balaban J connectivity index is 1.21. The van der Waals surface area contributed by atoms with Crippen LogP contribution in [0.3, 0.4) is 0 Å². The number of hydrogen-bond acceptors (Lipinski definition) is 11. The molecule has 1 spiro atoms. The molecule has 14 nitrogen and oxygen atoms in total. The number of fused-ring (bicyclic) bond motifs is 1. The van der Waals surface area contributed by atoms with Gasteiger partial charge in [-0.25, -0.2) is 28.2 Å². The van der Waals surface area contributed by atoms with Crippen LogP contribution < -0.4 is 20.9 Å². The summed E-state index contributed by atoms with van der Waals surface area (Å²) in [5.41, 5.74) is -0.0917. The summed E-state index contributed by atoms with van der Waals surface area (Å²) >= 11 is 0. The van der Waals surface area contributed by atoms with Crippen LogP contribution in [0.2, 0.25) is 0 Å². The molecule has 2 fully saturated rings. The molecule has 3 N–H and O–H groups in total. The number of pyridine rings is 3. The first-order valence-electron chi connectivity index (χ1n) is 14.1. The van der Waals surface area contributed by atoms with Gasteiger partial charge in [-0.05, 0) is 43.7 Å². The number of carbonyl (C=O) groups is 3. The topological polar surface area (TPSA) is 189 Å². The van der Waals surface area contributed by atoms with Crippen LogP contribution in [0.25, 0.3) is 22.3 Å². The molecule has 0 aliphatic carbocycles. The molecule has 4 aromatic heterocycles. The summed E-state index contributed by atoms with van der Waals surface area (Å²) in [6, 6.07) is 6.91. The second-order valence-electron chi connectivity index (χ2n) is 11.2. The smallest absolute Gasteiger partial charge is 0.346 e. The van der Waals surface area contributed by atoms with E-state index in [0.29, 0.717) is 28.0 Å². The van der Waals surface area contributed by atoms with Gasteiger partial charge in [0.25, 0.3) is 11.8 Å². The minimum Gasteiger partial charge on any atom is -0.346 e. The molecular weight excluding hydrogens is 643 g/mol. The van der Waals surface area contributed by atoms with E-state index in [1.54, 1.807) is 30.5 Å². The van der Waals surface area contributed by atoms with Gasteiger partial charge >= 0.3 is 12.2 Å². The van der Waals surface area contributed by atoms with Gasteiger partial charge in [-0.3, -0.25) is 24.9 Å². The predicted octanol–water partition coefficient (Wildman–Crippen LogP) is 2.09. The van der Waals surface area contributed by atoms with E-state index >= 15 is 0 Å². The van der Waals surface area contributed by atoms with Crippen molar-refractivity contribution < 1.29 is 36.0 Å². The average molecular weight is 670 g/mol. The van der Waals surface area contributed by atoms with Crippen LogP contribution in [0.15, 0.2) is 53.8 Å². The van der Waals surface area contributed by atoms with Gasteiger partial charge in [-0.2, -0.15) is 13.2 Å². The van der Waals surface area contributed by atoms with Crippen molar-refractivity contribution in [3.63, 3.8) is 0 Å². The summed E-state index contributed by atoms with van der Waals surface area (Å²) in [5, 5.41) is 7.47. The zero-order valence-electron chi connectivity index (χ0n) is 24.8. The molecule has 2 aliphatic rings. The summed E-state index contributed by atoms with van der Waals surface area (Å²) in [4.78, 5) is 59.8. The quantitative estimate of drug-likeness (QED) is 0.255. The van der Waals surface area contributed by atoms with Gasteiger partial charge in [0.05, 0.1) is 45.3 Å². The molecule has 0 aromatic carbocycles. The van der Waals surface area contributed by atoms with Crippen LogP contribution in [-0.2, 0) is 21.2 Å². The summed E-state index contributed by atoms with van der Waals surface area (Å²) in [7, 11) is -3.58. The molecule has 0 radical (unpaired) electrons. The number of halogens is 3. The van der Waals surface area contributed by atoms with Crippen LogP contribution in [0.5, 0.6) is 0 Å². The summed E-state index contributed by atoms with van der Waals surface area (Å²) in [6.45, 7) is 0.853. The fourth-order valence-electron chi connectivity index (χ4n) is 5.67. The SMILES string of the molecule is Cc1ncc(C(=O)NCc2cc3nc(-c4ccnc(N5CCC6(NC(=O)NC6=O)C(C(F)(F)F)C5)n4)ccc3cn2)cc1S(C)(=O)=O. The first kappa shape index (κ1) is 31.7. The second-order valence-corrected chi connectivity index (χ2v) is 13.2. The van der Waals surface area contributed by atoms with Gasteiger partial charge in [0.15, 0.2) is 9.84 Å². The number of rotatable bonds is 6. The lowest BCUT2D eigenvalue weighted by molar-refractivity contribution is -0.196. The molecule has 47 heavy (non-hydrogen) atoms. The fraction of sp³-hybridized carbons (Fsp3) is 0.310. The Labute approximate surface area is 265 Å². The molecule has 244 valence electrons. The number of imide groups is 1. The lowest BCUT2D eigenvalue weighted by Crippen LogP contribution is -2.65. The zero-order chi connectivity index (χ0) is 33.7. The molecule has 2 atom stereocenters. The molecule has 0 bridgehead atoms. The molecule has 0 saturated carbocycles. The Kier molecular flexibility index (Phi) is 7.77. The van der Waals surface area contributed by atoms with Crippen molar-refractivity contribution in [1.82, 2.24) is 40.9 Å². The molecule has 6 heterocycles. The maximum atomic E-state index is 14.1. The van der Waals surface area contributed by atoms with Gasteiger partial charge in [0, 0.05) is 43.3 Å². The van der Waals surface area contributed by atoms with Crippen molar-refractivity contribution in [2.45, 2.75) is 36.5 Å². The number of aromatic nitrogens is 5. The van der Waals surface area contributed by atoms with Crippen LogP contribution in [0.1, 0.15) is 28.2 Å². The number of alkyl halides is 3. The van der Waals surface area contributed by atoms with E-state index in [4.69, 9.17) is 0 Å². The number of carbonyl (C=O) groups excluding carboxylic acids is 3. The molecule has 2 aliphatic heterocycles. The van der Waals surface area contributed by atoms with Crippen molar-refractivity contribution in [3.05, 3.63) is 65.9 Å². The van der Waals surface area contributed by atoms with Crippen LogP contribution in [-0.4, -0.2) is 82.2 Å². The number of hydrogen-bond donors (Lipinski definition) is 3. The third-order valence-electron chi connectivity index (χ3n) is 8.09. The fourth-order valence-corrected chi connectivity index (χ4v) is 6.60. The molecule has 2 unspecified atom stereocenters. The number of urea groups is 1. The number of piperidine rings is 1. The Hall–Kier alpha value is -5.26. The molecular formula is C29H26F3N9O5S. The van der Waals surface area contributed by atoms with E-state index in [1.807, 2.05) is 5.32 Å². The summed E-state index contributed by atoms with van der Waals surface area (Å²) < 4.78 is 66.5. The first-order valence-corrected chi connectivity index (χ1v) is 16.0. The molecule has 4 amide bonds. The van der Waals surface area contributed by atoms with Crippen molar-refractivity contribution in [2.24, 2.45) is 5.92 Å². The standard InChI is InChI=1S/C29H26F3N9O5S/c1-15-22(47(2,45)46)9-17(12-34-15)24(42)36-13-18-10-21-16(11-35-18)3-4-19(37-21)20-5-7-33-26(38-20)41-8-6-28(23(14-41)29(30,31)32)25(43)39-27(44)40-28/h3-5,7,9-12,23H,6,8,13-14H2,1-2H3,(H,36,42)(H2,39,40,43,44). The van der Waals surface area contributed by atoms with E-state index in [2.05, 4.69) is 35.6 Å². The van der Waals surface area contributed by atoms with Crippen molar-refractivity contribution in [2.75, 3.05) is 24.2 Å². The zero-order valence-corrected chi connectivity index (χ0v) is 25.6. The van der Waals surface area contributed by atoms with Crippen LogP contribution >= 0.6 is 0 Å². The molecule has 2 saturated heterocycles. The third-order valence-corrected chi connectivity index (χ3v) is 9.30. The highest BCUT2D eigenvalue weighted by Crippen LogP contribution is 2.42. The summed E-state index contributed by atoms with van der Waals surface area (Å²) in [5.74, 6) is -3.76. The highest BCUT2D eigenvalue weighted by Gasteiger charge is 2.63. The maximum Gasteiger partial charge on any atom is 0.396 e. The largest absolute Gasteiger partial charge is 0.396 e. The Morgan fingerprint density at radius 3 is 2.55 bits per heavy atom. The second kappa shape index (κ2) is 11.5. The molecule has 18 heteroatoms.